The van der Waals surface area contributed by atoms with E-state index >= 15 is 0 Å². The second-order valence-corrected chi connectivity index (χ2v) is 9.65. The van der Waals surface area contributed by atoms with Crippen LogP contribution in [0.5, 0.6) is 0 Å². The topological polar surface area (TPSA) is 88.1 Å². The summed E-state index contributed by atoms with van der Waals surface area (Å²) in [6.45, 7) is 0.580. The molecule has 2 fully saturated rings. The summed E-state index contributed by atoms with van der Waals surface area (Å²) in [5.41, 5.74) is 3.53. The normalized spacial score (nSPS) is 23.9. The predicted molar refractivity (Wildman–Crippen MR) is 141 cm³/mol. The fourth-order valence-electron chi connectivity index (χ4n) is 5.12. The van der Waals surface area contributed by atoms with Gasteiger partial charge in [0, 0.05) is 17.8 Å². The molecule has 0 saturated carbocycles. The molecule has 0 aromatic heterocycles. The summed E-state index contributed by atoms with van der Waals surface area (Å²) in [5.74, 6) is -0.245. The predicted octanol–water partition coefficient (Wildman–Crippen LogP) is 4.13. The van der Waals surface area contributed by atoms with Crippen molar-refractivity contribution in [2.45, 2.75) is 43.6 Å². The van der Waals surface area contributed by atoms with Crippen molar-refractivity contribution >= 4 is 17.5 Å². The van der Waals surface area contributed by atoms with Crippen molar-refractivity contribution in [1.29, 1.82) is 0 Å². The number of nitrogens with one attached hydrogen (secondary N) is 1. The van der Waals surface area contributed by atoms with E-state index in [1.54, 1.807) is 17.0 Å². The van der Waals surface area contributed by atoms with Gasteiger partial charge in [0.2, 0.25) is 5.91 Å². The van der Waals surface area contributed by atoms with Gasteiger partial charge in [0.05, 0.1) is 37.9 Å². The van der Waals surface area contributed by atoms with Gasteiger partial charge >= 0.3 is 0 Å². The molecule has 0 unspecified atom stereocenters. The molecule has 2 saturated heterocycles. The highest BCUT2D eigenvalue weighted by atomic mass is 16.5. The van der Waals surface area contributed by atoms with Crippen molar-refractivity contribution in [2.75, 3.05) is 25.1 Å². The van der Waals surface area contributed by atoms with Crippen molar-refractivity contribution in [3.05, 3.63) is 90.5 Å². The number of hydrogen-bond acceptors (Lipinski definition) is 5. The highest BCUT2D eigenvalue weighted by Gasteiger charge is 2.40. The average Bonchev–Trinajstić information content (AvgIpc) is 2.92. The van der Waals surface area contributed by atoms with Gasteiger partial charge in [0.15, 0.2) is 0 Å². The third-order valence-electron chi connectivity index (χ3n) is 6.95. The second kappa shape index (κ2) is 11.7. The first-order chi connectivity index (χ1) is 18.1. The number of fused-ring (bicyclic) bond motifs is 1. The Balaban J connectivity index is 1.20. The van der Waals surface area contributed by atoms with E-state index in [1.807, 2.05) is 60.7 Å². The van der Waals surface area contributed by atoms with E-state index in [-0.39, 0.29) is 56.2 Å². The zero-order chi connectivity index (χ0) is 25.6. The van der Waals surface area contributed by atoms with Gasteiger partial charge in [-0.05, 0) is 48.2 Å². The summed E-state index contributed by atoms with van der Waals surface area (Å²) in [4.78, 5) is 27.8. The third kappa shape index (κ3) is 6.25. The Bertz CT molecular complexity index is 1190. The zero-order valence-corrected chi connectivity index (χ0v) is 20.7. The monoisotopic (exact) mass is 500 g/mol. The molecule has 4 atom stereocenters. The van der Waals surface area contributed by atoms with Crippen molar-refractivity contribution in [1.82, 2.24) is 4.90 Å². The summed E-state index contributed by atoms with van der Waals surface area (Å²) >= 11 is 0. The summed E-state index contributed by atoms with van der Waals surface area (Å²) in [5, 5.41) is 13.3. The largest absolute Gasteiger partial charge is 0.389 e. The highest BCUT2D eigenvalue weighted by Crippen LogP contribution is 2.29. The van der Waals surface area contributed by atoms with E-state index in [2.05, 4.69) is 17.4 Å². The first-order valence-electron chi connectivity index (χ1n) is 12.8. The van der Waals surface area contributed by atoms with Gasteiger partial charge in [-0.3, -0.25) is 9.59 Å². The maximum Gasteiger partial charge on any atom is 0.254 e. The van der Waals surface area contributed by atoms with Gasteiger partial charge in [-0.2, -0.15) is 0 Å². The standard InChI is InChI=1S/C30H32N2O5/c33-25-18-32(30(35)23-9-5-2-6-10-23)27-16-15-26(37-28(27)20-36-19-25)17-29(34)31-24-13-11-22(12-14-24)21-7-3-1-4-8-21/h1-14,25-28,33H,15-20H2,(H,31,34)/t25-,26-,27+,28-/m0/s1. The lowest BCUT2D eigenvalue weighted by atomic mass is 9.94. The highest BCUT2D eigenvalue weighted by molar-refractivity contribution is 5.94. The molecule has 192 valence electrons. The molecule has 2 heterocycles. The lowest BCUT2D eigenvalue weighted by molar-refractivity contribution is -0.149. The number of anilines is 1. The molecule has 3 aromatic carbocycles. The van der Waals surface area contributed by atoms with Gasteiger partial charge in [-0.1, -0.05) is 60.7 Å². The van der Waals surface area contributed by atoms with Crippen molar-refractivity contribution in [3.63, 3.8) is 0 Å². The van der Waals surface area contributed by atoms with Gasteiger partial charge in [-0.25, -0.2) is 0 Å². The van der Waals surface area contributed by atoms with Crippen LogP contribution >= 0.6 is 0 Å². The number of aliphatic hydroxyl groups excluding tert-OH is 1. The molecular weight excluding hydrogens is 468 g/mol. The quantitative estimate of drug-likeness (QED) is 0.550. The lowest BCUT2D eigenvalue weighted by Gasteiger charge is -2.44. The van der Waals surface area contributed by atoms with Crippen LogP contribution in [0.3, 0.4) is 0 Å². The number of nitrogens with zero attached hydrogens (tertiary/aromatic N) is 1. The second-order valence-electron chi connectivity index (χ2n) is 9.65. The fraction of sp³-hybridized carbons (Fsp3) is 0.333. The van der Waals surface area contributed by atoms with Gasteiger partial charge < -0.3 is 24.8 Å². The molecule has 2 aliphatic rings. The Hall–Kier alpha value is -3.52. The number of carbonyl (C=O) groups is 2. The molecule has 0 aliphatic carbocycles. The molecule has 5 rings (SSSR count). The molecule has 2 aliphatic heterocycles. The summed E-state index contributed by atoms with van der Waals surface area (Å²) in [6, 6.07) is 26.7. The van der Waals surface area contributed by atoms with E-state index < -0.39 is 6.10 Å². The first kappa shape index (κ1) is 25.1. The summed E-state index contributed by atoms with van der Waals surface area (Å²) < 4.78 is 12.0. The molecule has 0 spiro atoms. The third-order valence-corrected chi connectivity index (χ3v) is 6.95. The maximum atomic E-state index is 13.3. The van der Waals surface area contributed by atoms with Gasteiger partial charge in [0.25, 0.3) is 5.91 Å². The molecular formula is C30H32N2O5. The van der Waals surface area contributed by atoms with E-state index in [0.717, 1.165) is 16.8 Å². The van der Waals surface area contributed by atoms with Crippen LogP contribution in [0.25, 0.3) is 11.1 Å². The minimum atomic E-state index is -0.759. The Morgan fingerprint density at radius 2 is 1.54 bits per heavy atom. The number of benzene rings is 3. The van der Waals surface area contributed by atoms with E-state index in [4.69, 9.17) is 9.47 Å². The molecule has 0 bridgehead atoms. The summed E-state index contributed by atoms with van der Waals surface area (Å²) in [7, 11) is 0. The molecule has 2 N–H and O–H groups in total. The van der Waals surface area contributed by atoms with E-state index in [0.29, 0.717) is 18.4 Å². The Kier molecular flexibility index (Phi) is 7.94. The number of ether oxygens (including phenoxy) is 2. The number of rotatable bonds is 5. The molecule has 0 radical (unpaired) electrons. The average molecular weight is 501 g/mol. The number of aliphatic hydroxyl groups is 1. The Morgan fingerprint density at radius 1 is 0.865 bits per heavy atom. The van der Waals surface area contributed by atoms with Gasteiger partial charge in [0.1, 0.15) is 6.10 Å². The van der Waals surface area contributed by atoms with Crippen LogP contribution < -0.4 is 5.32 Å². The number of hydrogen-bond donors (Lipinski definition) is 2. The SMILES string of the molecule is O=C(C[C@@H]1CC[C@@H]2[C@H](COC[C@@H](O)CN2C(=O)c2ccccc2)O1)Nc1ccc(-c2ccccc2)cc1. The Morgan fingerprint density at radius 3 is 2.27 bits per heavy atom. The zero-order valence-electron chi connectivity index (χ0n) is 20.7. The van der Waals surface area contributed by atoms with Gasteiger partial charge in [-0.15, -0.1) is 0 Å². The van der Waals surface area contributed by atoms with Crippen LogP contribution in [0.15, 0.2) is 84.9 Å². The van der Waals surface area contributed by atoms with Crippen LogP contribution in [-0.4, -0.2) is 65.9 Å². The minimum absolute atomic E-state index is 0.115. The maximum absolute atomic E-state index is 13.3. The van der Waals surface area contributed by atoms with Crippen LogP contribution in [0.2, 0.25) is 0 Å². The van der Waals surface area contributed by atoms with Crippen LogP contribution in [0.1, 0.15) is 29.6 Å². The molecule has 37 heavy (non-hydrogen) atoms. The van der Waals surface area contributed by atoms with Crippen molar-refractivity contribution in [2.24, 2.45) is 0 Å². The fourth-order valence-corrected chi connectivity index (χ4v) is 5.12. The molecule has 7 nitrogen and oxygen atoms in total. The number of β-amino-alcohol motifs (C(OH)–C–C–N with tert-alkyl or cyclic N) is 1. The van der Waals surface area contributed by atoms with E-state index in [9.17, 15) is 14.7 Å². The van der Waals surface area contributed by atoms with E-state index in [1.165, 1.54) is 0 Å². The molecule has 7 heteroatoms. The van der Waals surface area contributed by atoms with Crippen LogP contribution in [-0.2, 0) is 14.3 Å². The van der Waals surface area contributed by atoms with Crippen molar-refractivity contribution in [3.8, 4) is 11.1 Å². The number of carbonyl (C=O) groups excluding carboxylic acids is 2. The lowest BCUT2D eigenvalue weighted by Crippen LogP contribution is -2.57. The van der Waals surface area contributed by atoms with Crippen molar-refractivity contribution < 1.29 is 24.2 Å². The number of amides is 2. The minimum Gasteiger partial charge on any atom is -0.389 e. The van der Waals surface area contributed by atoms with Crippen LogP contribution in [0, 0.1) is 0 Å². The molecule has 2 amide bonds. The Labute approximate surface area is 217 Å². The summed E-state index contributed by atoms with van der Waals surface area (Å²) in [6.07, 6.45) is 0.131. The molecule has 3 aromatic rings. The van der Waals surface area contributed by atoms with Crippen LogP contribution in [0.4, 0.5) is 5.69 Å². The smallest absolute Gasteiger partial charge is 0.254 e. The first-order valence-corrected chi connectivity index (χ1v) is 12.8.